The Labute approximate surface area is 271 Å². The summed E-state index contributed by atoms with van der Waals surface area (Å²) in [5.74, 6) is 1.85. The Morgan fingerprint density at radius 3 is 1.53 bits per heavy atom. The second-order valence-corrected chi connectivity index (χ2v) is 11.6. The summed E-state index contributed by atoms with van der Waals surface area (Å²) in [5, 5.41) is 4.13. The van der Waals surface area contributed by atoms with Gasteiger partial charge in [-0.15, -0.1) is 0 Å². The van der Waals surface area contributed by atoms with Crippen LogP contribution in [0.4, 0.5) is 0 Å². The largest absolute Gasteiger partial charge is 0.455 e. The van der Waals surface area contributed by atoms with Crippen LogP contribution in [0.1, 0.15) is 0 Å². The standard InChI is InChI=1S/C43H27N3O/c1-4-12-28(13-5-1)30-20-22-32(23-21-30)42-44-41(31-16-8-3-9-17-31)45-43(46-42)37-27-34-25-24-33(29-14-6-2-7-15-29)26-36(34)40-39(37)35-18-10-11-19-38(35)47-40/h1-27H. The zero-order chi connectivity index (χ0) is 31.2. The molecule has 0 saturated heterocycles. The molecule has 0 bridgehead atoms. The third-order valence-corrected chi connectivity index (χ3v) is 8.73. The maximum atomic E-state index is 6.63. The van der Waals surface area contributed by atoms with Crippen molar-refractivity contribution < 1.29 is 4.42 Å². The van der Waals surface area contributed by atoms with E-state index < -0.39 is 0 Å². The molecule has 2 aromatic heterocycles. The Kier molecular flexibility index (Phi) is 6.43. The summed E-state index contributed by atoms with van der Waals surface area (Å²) in [7, 11) is 0. The molecule has 7 aromatic carbocycles. The topological polar surface area (TPSA) is 51.8 Å². The highest BCUT2D eigenvalue weighted by Gasteiger charge is 2.20. The quantitative estimate of drug-likeness (QED) is 0.197. The number of rotatable bonds is 5. The monoisotopic (exact) mass is 601 g/mol. The van der Waals surface area contributed by atoms with Crippen LogP contribution in [-0.4, -0.2) is 15.0 Å². The minimum atomic E-state index is 0.603. The van der Waals surface area contributed by atoms with Crippen LogP contribution in [0.5, 0.6) is 0 Å². The molecule has 0 fully saturated rings. The molecule has 0 aliphatic heterocycles. The maximum absolute atomic E-state index is 6.63. The van der Waals surface area contributed by atoms with Gasteiger partial charge in [-0.1, -0.05) is 146 Å². The van der Waals surface area contributed by atoms with E-state index in [2.05, 4.69) is 103 Å². The van der Waals surface area contributed by atoms with Crippen molar-refractivity contribution >= 4 is 32.7 Å². The average Bonchev–Trinajstić information content (AvgIpc) is 3.55. The van der Waals surface area contributed by atoms with E-state index in [0.717, 1.165) is 66.1 Å². The van der Waals surface area contributed by atoms with Crippen LogP contribution in [-0.2, 0) is 0 Å². The predicted molar refractivity (Wildman–Crippen MR) is 192 cm³/mol. The van der Waals surface area contributed by atoms with Crippen molar-refractivity contribution in [3.63, 3.8) is 0 Å². The fraction of sp³-hybridized carbons (Fsp3) is 0. The molecule has 0 atom stereocenters. The highest BCUT2D eigenvalue weighted by molar-refractivity contribution is 6.21. The molecule has 47 heavy (non-hydrogen) atoms. The molecule has 0 unspecified atom stereocenters. The van der Waals surface area contributed by atoms with Crippen LogP contribution in [0.2, 0.25) is 0 Å². The number of furan rings is 1. The fourth-order valence-corrected chi connectivity index (χ4v) is 6.38. The van der Waals surface area contributed by atoms with Gasteiger partial charge in [0, 0.05) is 32.8 Å². The van der Waals surface area contributed by atoms with Crippen LogP contribution in [0.15, 0.2) is 168 Å². The third kappa shape index (κ3) is 4.84. The Morgan fingerprint density at radius 1 is 0.362 bits per heavy atom. The molecule has 0 aliphatic carbocycles. The summed E-state index contributed by atoms with van der Waals surface area (Å²) >= 11 is 0. The predicted octanol–water partition coefficient (Wildman–Crippen LogP) is 11.3. The molecule has 0 N–H and O–H groups in total. The van der Waals surface area contributed by atoms with Gasteiger partial charge in [0.1, 0.15) is 11.2 Å². The molecule has 9 aromatic rings. The molecule has 220 valence electrons. The summed E-state index contributed by atoms with van der Waals surface area (Å²) < 4.78 is 6.63. The lowest BCUT2D eigenvalue weighted by atomic mass is 9.96. The Morgan fingerprint density at radius 2 is 0.851 bits per heavy atom. The third-order valence-electron chi connectivity index (χ3n) is 8.73. The first-order chi connectivity index (χ1) is 23.3. The van der Waals surface area contributed by atoms with Gasteiger partial charge in [-0.3, -0.25) is 0 Å². The van der Waals surface area contributed by atoms with E-state index in [0.29, 0.717) is 17.5 Å². The lowest BCUT2D eigenvalue weighted by Gasteiger charge is -2.11. The minimum absolute atomic E-state index is 0.603. The zero-order valence-corrected chi connectivity index (χ0v) is 25.3. The lowest BCUT2D eigenvalue weighted by Crippen LogP contribution is -2.00. The molecular weight excluding hydrogens is 574 g/mol. The maximum Gasteiger partial charge on any atom is 0.164 e. The van der Waals surface area contributed by atoms with Crippen molar-refractivity contribution in [2.45, 2.75) is 0 Å². The van der Waals surface area contributed by atoms with E-state index in [1.807, 2.05) is 60.7 Å². The van der Waals surface area contributed by atoms with Crippen LogP contribution in [0.3, 0.4) is 0 Å². The van der Waals surface area contributed by atoms with Gasteiger partial charge in [0.25, 0.3) is 0 Å². The fourth-order valence-electron chi connectivity index (χ4n) is 6.38. The molecule has 0 amide bonds. The van der Waals surface area contributed by atoms with E-state index in [9.17, 15) is 0 Å². The van der Waals surface area contributed by atoms with Crippen molar-refractivity contribution in [2.75, 3.05) is 0 Å². The number of hydrogen-bond donors (Lipinski definition) is 0. The van der Waals surface area contributed by atoms with E-state index in [1.165, 1.54) is 5.56 Å². The number of hydrogen-bond acceptors (Lipinski definition) is 4. The molecule has 2 heterocycles. The van der Waals surface area contributed by atoms with Gasteiger partial charge in [-0.25, -0.2) is 15.0 Å². The van der Waals surface area contributed by atoms with Crippen molar-refractivity contribution in [1.82, 2.24) is 15.0 Å². The molecule has 0 saturated carbocycles. The molecule has 0 spiro atoms. The Balaban J connectivity index is 1.28. The average molecular weight is 602 g/mol. The van der Waals surface area contributed by atoms with Crippen LogP contribution in [0.25, 0.3) is 89.1 Å². The molecule has 4 nitrogen and oxygen atoms in total. The first-order valence-corrected chi connectivity index (χ1v) is 15.7. The highest BCUT2D eigenvalue weighted by atomic mass is 16.3. The Bertz CT molecular complexity index is 2540. The first kappa shape index (κ1) is 27.0. The molecule has 4 heteroatoms. The van der Waals surface area contributed by atoms with Crippen molar-refractivity contribution in [3.05, 3.63) is 164 Å². The van der Waals surface area contributed by atoms with Gasteiger partial charge < -0.3 is 4.42 Å². The SMILES string of the molecule is c1ccc(-c2ccc(-c3nc(-c4ccccc4)nc(-c4cc5ccc(-c6ccccc6)cc5c5oc6ccccc6c45)n3)cc2)cc1. The lowest BCUT2D eigenvalue weighted by molar-refractivity contribution is 0.672. The molecule has 0 aliphatic rings. The smallest absolute Gasteiger partial charge is 0.164 e. The van der Waals surface area contributed by atoms with Gasteiger partial charge in [-0.2, -0.15) is 0 Å². The van der Waals surface area contributed by atoms with E-state index in [1.54, 1.807) is 0 Å². The normalized spacial score (nSPS) is 11.4. The molecule has 9 rings (SSSR count). The van der Waals surface area contributed by atoms with Crippen molar-refractivity contribution in [3.8, 4) is 56.4 Å². The Hall–Kier alpha value is -6.39. The van der Waals surface area contributed by atoms with Crippen LogP contribution in [0, 0.1) is 0 Å². The summed E-state index contributed by atoms with van der Waals surface area (Å²) in [5.41, 5.74) is 9.03. The van der Waals surface area contributed by atoms with Gasteiger partial charge >= 0.3 is 0 Å². The van der Waals surface area contributed by atoms with E-state index in [-0.39, 0.29) is 0 Å². The van der Waals surface area contributed by atoms with E-state index >= 15 is 0 Å². The van der Waals surface area contributed by atoms with Crippen molar-refractivity contribution in [1.29, 1.82) is 0 Å². The number of benzene rings is 7. The van der Waals surface area contributed by atoms with Crippen molar-refractivity contribution in [2.24, 2.45) is 0 Å². The number of aromatic nitrogens is 3. The van der Waals surface area contributed by atoms with Crippen LogP contribution >= 0.6 is 0 Å². The van der Waals surface area contributed by atoms with Gasteiger partial charge in [0.05, 0.1) is 0 Å². The second-order valence-electron chi connectivity index (χ2n) is 11.6. The van der Waals surface area contributed by atoms with Gasteiger partial charge in [0.2, 0.25) is 0 Å². The first-order valence-electron chi connectivity index (χ1n) is 15.7. The summed E-state index contributed by atoms with van der Waals surface area (Å²) in [6.45, 7) is 0. The van der Waals surface area contributed by atoms with E-state index in [4.69, 9.17) is 19.4 Å². The van der Waals surface area contributed by atoms with Crippen LogP contribution < -0.4 is 0 Å². The zero-order valence-electron chi connectivity index (χ0n) is 25.3. The van der Waals surface area contributed by atoms with Gasteiger partial charge in [-0.05, 0) is 45.8 Å². The highest BCUT2D eigenvalue weighted by Crippen LogP contribution is 2.42. The molecular formula is C43H27N3O. The second kappa shape index (κ2) is 11.2. The number of nitrogens with zero attached hydrogens (tertiary/aromatic N) is 3. The number of para-hydroxylation sites is 1. The summed E-state index contributed by atoms with van der Waals surface area (Å²) in [6, 6.07) is 56.3. The minimum Gasteiger partial charge on any atom is -0.455 e. The molecule has 0 radical (unpaired) electrons. The summed E-state index contributed by atoms with van der Waals surface area (Å²) in [6.07, 6.45) is 0. The number of fused-ring (bicyclic) bond motifs is 5. The van der Waals surface area contributed by atoms with Gasteiger partial charge in [0.15, 0.2) is 17.5 Å². The summed E-state index contributed by atoms with van der Waals surface area (Å²) in [4.78, 5) is 15.2.